The van der Waals surface area contributed by atoms with Crippen LogP contribution in [0.3, 0.4) is 0 Å². The number of anilines is 1. The van der Waals surface area contributed by atoms with E-state index >= 15 is 0 Å². The molecule has 0 radical (unpaired) electrons. The number of carbonyl (C=O) groups is 2. The zero-order valence-electron chi connectivity index (χ0n) is 13.6. The molecule has 0 aromatic heterocycles. The van der Waals surface area contributed by atoms with Crippen LogP contribution in [0, 0.1) is 0 Å². The molecule has 2 aromatic carbocycles. The summed E-state index contributed by atoms with van der Waals surface area (Å²) in [5, 5.41) is 5.41. The lowest BCUT2D eigenvalue weighted by atomic mass is 10.1. The molecule has 6 heteroatoms. The highest BCUT2D eigenvalue weighted by Crippen LogP contribution is 2.20. The fraction of sp³-hybridized carbons (Fsp3) is 0.211. The Morgan fingerprint density at radius 1 is 0.960 bits per heavy atom. The van der Waals surface area contributed by atoms with E-state index in [1.165, 1.54) is 5.01 Å². The molecular formula is C19H18N2O4. The first kappa shape index (κ1) is 16.7. The van der Waals surface area contributed by atoms with E-state index in [4.69, 9.17) is 9.47 Å². The third-order valence-corrected chi connectivity index (χ3v) is 3.60. The summed E-state index contributed by atoms with van der Waals surface area (Å²) in [6.45, 7) is 0.371. The van der Waals surface area contributed by atoms with Crippen LogP contribution in [-0.4, -0.2) is 30.8 Å². The van der Waals surface area contributed by atoms with Crippen molar-refractivity contribution in [2.24, 2.45) is 5.10 Å². The standard InChI is InChI=1S/C19H18N2O4/c22-18-12-11-17(20-21(18)15-7-3-1-4-8-15)19(23)25-14-13-24-16-9-5-2-6-10-16/h1-10H,11-14H2. The Kier molecular flexibility index (Phi) is 5.41. The van der Waals surface area contributed by atoms with Gasteiger partial charge in [-0.25, -0.2) is 9.80 Å². The zero-order valence-corrected chi connectivity index (χ0v) is 13.6. The van der Waals surface area contributed by atoms with Gasteiger partial charge in [0, 0.05) is 12.8 Å². The molecule has 25 heavy (non-hydrogen) atoms. The van der Waals surface area contributed by atoms with Gasteiger partial charge in [0.25, 0.3) is 0 Å². The van der Waals surface area contributed by atoms with Crippen molar-refractivity contribution in [3.63, 3.8) is 0 Å². The fourth-order valence-corrected chi connectivity index (χ4v) is 2.37. The van der Waals surface area contributed by atoms with Crippen LogP contribution >= 0.6 is 0 Å². The molecule has 0 unspecified atom stereocenters. The highest BCUT2D eigenvalue weighted by Gasteiger charge is 2.26. The maximum atomic E-state index is 12.1. The van der Waals surface area contributed by atoms with Crippen molar-refractivity contribution in [2.45, 2.75) is 12.8 Å². The van der Waals surface area contributed by atoms with Crippen LogP contribution in [0.15, 0.2) is 65.8 Å². The Bertz CT molecular complexity index is 760. The van der Waals surface area contributed by atoms with Gasteiger partial charge < -0.3 is 9.47 Å². The molecule has 1 heterocycles. The summed E-state index contributed by atoms with van der Waals surface area (Å²) in [5.41, 5.74) is 0.869. The average Bonchev–Trinajstić information content (AvgIpc) is 2.67. The predicted octanol–water partition coefficient (Wildman–Crippen LogP) is 2.79. The summed E-state index contributed by atoms with van der Waals surface area (Å²) < 4.78 is 10.7. The van der Waals surface area contributed by atoms with Crippen molar-refractivity contribution in [1.29, 1.82) is 0 Å². The van der Waals surface area contributed by atoms with Gasteiger partial charge in [0.2, 0.25) is 5.91 Å². The molecule has 1 amide bonds. The molecule has 128 valence electrons. The van der Waals surface area contributed by atoms with Gasteiger partial charge in [0.05, 0.1) is 5.69 Å². The topological polar surface area (TPSA) is 68.2 Å². The van der Waals surface area contributed by atoms with Crippen LogP contribution in [-0.2, 0) is 14.3 Å². The first-order valence-corrected chi connectivity index (χ1v) is 8.04. The maximum absolute atomic E-state index is 12.1. The molecule has 0 bridgehead atoms. The number of esters is 1. The van der Waals surface area contributed by atoms with Crippen molar-refractivity contribution in [1.82, 2.24) is 0 Å². The summed E-state index contributed by atoms with van der Waals surface area (Å²) in [6.07, 6.45) is 0.504. The van der Waals surface area contributed by atoms with Crippen molar-refractivity contribution in [3.05, 3.63) is 60.7 Å². The fourth-order valence-electron chi connectivity index (χ4n) is 2.37. The summed E-state index contributed by atoms with van der Waals surface area (Å²) >= 11 is 0. The second kappa shape index (κ2) is 8.10. The molecule has 1 aliphatic heterocycles. The molecule has 2 aromatic rings. The number of hydrazone groups is 1. The van der Waals surface area contributed by atoms with E-state index in [2.05, 4.69) is 5.10 Å². The van der Waals surface area contributed by atoms with Gasteiger partial charge in [0.15, 0.2) is 0 Å². The first-order chi connectivity index (χ1) is 12.2. The summed E-state index contributed by atoms with van der Waals surface area (Å²) in [5.74, 6) is 0.0506. The number of hydrogen-bond acceptors (Lipinski definition) is 5. The predicted molar refractivity (Wildman–Crippen MR) is 93.5 cm³/mol. The lowest BCUT2D eigenvalue weighted by Gasteiger charge is -2.22. The van der Waals surface area contributed by atoms with E-state index in [0.717, 1.165) is 5.75 Å². The monoisotopic (exact) mass is 338 g/mol. The van der Waals surface area contributed by atoms with Crippen LogP contribution in [0.5, 0.6) is 5.75 Å². The van der Waals surface area contributed by atoms with E-state index in [1.807, 2.05) is 48.5 Å². The SMILES string of the molecule is O=C(OCCOc1ccccc1)C1=NN(c2ccccc2)C(=O)CC1. The number of benzene rings is 2. The van der Waals surface area contributed by atoms with Gasteiger partial charge in [-0.05, 0) is 24.3 Å². The van der Waals surface area contributed by atoms with Crippen LogP contribution in [0.25, 0.3) is 0 Å². The van der Waals surface area contributed by atoms with Crippen LogP contribution in [0.4, 0.5) is 5.69 Å². The number of ether oxygens (including phenoxy) is 2. The van der Waals surface area contributed by atoms with Crippen molar-refractivity contribution in [3.8, 4) is 5.75 Å². The number of hydrogen-bond donors (Lipinski definition) is 0. The first-order valence-electron chi connectivity index (χ1n) is 8.04. The molecule has 0 spiro atoms. The van der Waals surface area contributed by atoms with E-state index in [-0.39, 0.29) is 37.7 Å². The smallest absolute Gasteiger partial charge is 0.354 e. The minimum absolute atomic E-state index is 0.117. The highest BCUT2D eigenvalue weighted by atomic mass is 16.6. The molecule has 6 nitrogen and oxygen atoms in total. The number of nitrogens with zero attached hydrogens (tertiary/aromatic N) is 2. The van der Waals surface area contributed by atoms with Crippen molar-refractivity contribution < 1.29 is 19.1 Å². The zero-order chi connectivity index (χ0) is 17.5. The summed E-state index contributed by atoms with van der Waals surface area (Å²) in [7, 11) is 0. The maximum Gasteiger partial charge on any atom is 0.354 e. The van der Waals surface area contributed by atoms with Gasteiger partial charge in [-0.2, -0.15) is 5.10 Å². The van der Waals surface area contributed by atoms with Crippen LogP contribution in [0.2, 0.25) is 0 Å². The largest absolute Gasteiger partial charge is 0.490 e. The molecule has 0 saturated heterocycles. The molecule has 0 saturated carbocycles. The molecular weight excluding hydrogens is 320 g/mol. The molecule has 0 N–H and O–H groups in total. The number of carbonyl (C=O) groups excluding carboxylic acids is 2. The molecule has 3 rings (SSSR count). The van der Waals surface area contributed by atoms with Gasteiger partial charge >= 0.3 is 5.97 Å². The Morgan fingerprint density at radius 2 is 1.64 bits per heavy atom. The Hall–Kier alpha value is -3.15. The van der Waals surface area contributed by atoms with Gasteiger partial charge in [-0.3, -0.25) is 4.79 Å². The summed E-state index contributed by atoms with van der Waals surface area (Å²) in [4.78, 5) is 24.2. The van der Waals surface area contributed by atoms with Crippen LogP contribution < -0.4 is 9.75 Å². The molecule has 0 fully saturated rings. The van der Waals surface area contributed by atoms with Crippen molar-refractivity contribution in [2.75, 3.05) is 18.2 Å². The lowest BCUT2D eigenvalue weighted by Crippen LogP contribution is -2.35. The number of rotatable bonds is 6. The third-order valence-electron chi connectivity index (χ3n) is 3.60. The van der Waals surface area contributed by atoms with Gasteiger partial charge in [0.1, 0.15) is 24.7 Å². The highest BCUT2D eigenvalue weighted by molar-refractivity contribution is 6.38. The normalized spacial score (nSPS) is 14.0. The minimum Gasteiger partial charge on any atom is -0.490 e. The number of amides is 1. The third kappa shape index (κ3) is 4.44. The number of para-hydroxylation sites is 2. The molecule has 0 aliphatic carbocycles. The Morgan fingerprint density at radius 3 is 2.36 bits per heavy atom. The van der Waals surface area contributed by atoms with Gasteiger partial charge in [-0.1, -0.05) is 36.4 Å². The van der Waals surface area contributed by atoms with E-state index < -0.39 is 5.97 Å². The van der Waals surface area contributed by atoms with Crippen molar-refractivity contribution >= 4 is 23.3 Å². The van der Waals surface area contributed by atoms with Gasteiger partial charge in [-0.15, -0.1) is 0 Å². The Balaban J connectivity index is 1.55. The van der Waals surface area contributed by atoms with Crippen LogP contribution in [0.1, 0.15) is 12.8 Å². The Labute approximate surface area is 145 Å². The van der Waals surface area contributed by atoms with E-state index in [1.54, 1.807) is 12.1 Å². The second-order valence-corrected chi connectivity index (χ2v) is 5.39. The van der Waals surface area contributed by atoms with E-state index in [0.29, 0.717) is 5.69 Å². The quantitative estimate of drug-likeness (QED) is 0.600. The molecule has 0 atom stereocenters. The van der Waals surface area contributed by atoms with E-state index in [9.17, 15) is 9.59 Å². The lowest BCUT2D eigenvalue weighted by molar-refractivity contribution is -0.136. The summed E-state index contributed by atoms with van der Waals surface area (Å²) in [6, 6.07) is 18.3. The second-order valence-electron chi connectivity index (χ2n) is 5.39. The average molecular weight is 338 g/mol. The molecule has 1 aliphatic rings. The minimum atomic E-state index is -0.523.